The van der Waals surface area contributed by atoms with Crippen molar-refractivity contribution >= 4 is 5.97 Å². The zero-order valence-corrected chi connectivity index (χ0v) is 9.17. The molecule has 82 valence electrons. The van der Waals surface area contributed by atoms with Gasteiger partial charge in [-0.05, 0) is 25.8 Å². The minimum atomic E-state index is -2.27. The molecule has 1 aromatic carbocycles. The number of hydrogen-bond donors (Lipinski definition) is 1. The van der Waals surface area contributed by atoms with Crippen molar-refractivity contribution in [3.05, 3.63) is 34.9 Å². The molecule has 0 spiro atoms. The van der Waals surface area contributed by atoms with Gasteiger partial charge >= 0.3 is 5.97 Å². The largest absolute Gasteiger partial charge is 0.479 e. The zero-order valence-electron chi connectivity index (χ0n) is 9.17. The fraction of sp³-hybridized carbons (Fsp3) is 0.417. The maximum Gasteiger partial charge on any atom is 0.346 e. The van der Waals surface area contributed by atoms with Crippen LogP contribution in [0, 0.1) is 13.8 Å². The number of aryl methyl sites for hydroxylation is 2. The van der Waals surface area contributed by atoms with Gasteiger partial charge in [-0.15, -0.1) is 0 Å². The number of carboxylic acids is 1. The minimum absolute atomic E-state index is 0.0633. The summed E-state index contributed by atoms with van der Waals surface area (Å²) >= 11 is 0. The molecule has 3 heteroatoms. The molecular formula is C12H15FO2. The monoisotopic (exact) mass is 210 g/mol. The number of benzene rings is 1. The number of alkyl halides is 1. The molecule has 1 rings (SSSR count). The molecule has 2 nitrogen and oxygen atoms in total. The van der Waals surface area contributed by atoms with Gasteiger partial charge in [0.2, 0.25) is 5.67 Å². The van der Waals surface area contributed by atoms with Gasteiger partial charge in [0.15, 0.2) is 0 Å². The summed E-state index contributed by atoms with van der Waals surface area (Å²) in [6.45, 7) is 5.16. The van der Waals surface area contributed by atoms with Crippen LogP contribution in [0.15, 0.2) is 18.2 Å². The number of hydrogen-bond acceptors (Lipinski definition) is 1. The lowest BCUT2D eigenvalue weighted by Gasteiger charge is -2.21. The van der Waals surface area contributed by atoms with Gasteiger partial charge in [-0.1, -0.05) is 30.7 Å². The molecule has 1 N–H and O–H groups in total. The second-order valence-corrected chi connectivity index (χ2v) is 3.78. The van der Waals surface area contributed by atoms with Crippen molar-refractivity contribution in [1.29, 1.82) is 0 Å². The number of carboxylic acid groups (broad SMARTS) is 1. The highest BCUT2D eigenvalue weighted by atomic mass is 19.1. The summed E-state index contributed by atoms with van der Waals surface area (Å²) in [6.07, 6.45) is -0.0633. The van der Waals surface area contributed by atoms with Gasteiger partial charge in [0.05, 0.1) is 0 Å². The van der Waals surface area contributed by atoms with Crippen LogP contribution in [0.25, 0.3) is 0 Å². The first kappa shape index (κ1) is 11.7. The molecule has 0 saturated heterocycles. The van der Waals surface area contributed by atoms with Gasteiger partial charge in [-0.2, -0.15) is 0 Å². The average Bonchev–Trinajstić information content (AvgIpc) is 2.16. The van der Waals surface area contributed by atoms with E-state index < -0.39 is 11.6 Å². The van der Waals surface area contributed by atoms with Crippen molar-refractivity contribution in [2.45, 2.75) is 32.9 Å². The van der Waals surface area contributed by atoms with E-state index >= 15 is 0 Å². The van der Waals surface area contributed by atoms with Crippen molar-refractivity contribution in [3.63, 3.8) is 0 Å². The van der Waals surface area contributed by atoms with Crippen LogP contribution in [0.1, 0.15) is 30.0 Å². The molecule has 0 aliphatic rings. The van der Waals surface area contributed by atoms with E-state index in [1.165, 1.54) is 6.92 Å². The number of rotatable bonds is 3. The van der Waals surface area contributed by atoms with E-state index in [1.54, 1.807) is 25.1 Å². The normalized spacial score (nSPS) is 14.7. The van der Waals surface area contributed by atoms with E-state index in [1.807, 2.05) is 6.92 Å². The summed E-state index contributed by atoms with van der Waals surface area (Å²) in [6, 6.07) is 5.08. The summed E-state index contributed by atoms with van der Waals surface area (Å²) in [5.74, 6) is -1.42. The van der Waals surface area contributed by atoms with E-state index in [0.717, 1.165) is 5.56 Å². The highest BCUT2D eigenvalue weighted by Crippen LogP contribution is 2.32. The SMILES string of the molecule is CCC(F)(C(=O)O)c1ccc(C)cc1C. The summed E-state index contributed by atoms with van der Waals surface area (Å²) < 4.78 is 14.2. The van der Waals surface area contributed by atoms with E-state index in [4.69, 9.17) is 5.11 Å². The predicted molar refractivity (Wildman–Crippen MR) is 56.6 cm³/mol. The molecule has 0 aliphatic heterocycles. The molecule has 0 aromatic heterocycles. The highest BCUT2D eigenvalue weighted by molar-refractivity contribution is 5.79. The molecule has 0 radical (unpaired) electrons. The first-order valence-corrected chi connectivity index (χ1v) is 4.92. The van der Waals surface area contributed by atoms with Gasteiger partial charge in [-0.25, -0.2) is 9.18 Å². The van der Waals surface area contributed by atoms with Gasteiger partial charge in [0.25, 0.3) is 0 Å². The summed E-state index contributed by atoms with van der Waals surface area (Å²) in [7, 11) is 0. The Balaban J connectivity index is 3.30. The van der Waals surface area contributed by atoms with Gasteiger partial charge in [0.1, 0.15) is 0 Å². The lowest BCUT2D eigenvalue weighted by molar-refractivity contribution is -0.152. The Kier molecular flexibility index (Phi) is 3.12. The van der Waals surface area contributed by atoms with Crippen LogP contribution in [0.5, 0.6) is 0 Å². The second-order valence-electron chi connectivity index (χ2n) is 3.78. The van der Waals surface area contributed by atoms with Gasteiger partial charge < -0.3 is 5.11 Å². The van der Waals surface area contributed by atoms with Crippen LogP contribution >= 0.6 is 0 Å². The van der Waals surface area contributed by atoms with E-state index in [2.05, 4.69) is 0 Å². The maximum absolute atomic E-state index is 14.2. The average molecular weight is 210 g/mol. The molecule has 0 heterocycles. The van der Waals surface area contributed by atoms with Crippen LogP contribution in [-0.4, -0.2) is 11.1 Å². The van der Waals surface area contributed by atoms with Crippen molar-refractivity contribution in [1.82, 2.24) is 0 Å². The Morgan fingerprint density at radius 2 is 2.07 bits per heavy atom. The maximum atomic E-state index is 14.2. The molecule has 1 unspecified atom stereocenters. The van der Waals surface area contributed by atoms with E-state index in [-0.39, 0.29) is 12.0 Å². The third-order valence-electron chi connectivity index (χ3n) is 2.64. The molecule has 1 aromatic rings. The van der Waals surface area contributed by atoms with E-state index in [0.29, 0.717) is 5.56 Å². The van der Waals surface area contributed by atoms with Crippen LogP contribution in [0.2, 0.25) is 0 Å². The van der Waals surface area contributed by atoms with Crippen molar-refractivity contribution in [2.75, 3.05) is 0 Å². The molecule has 1 atom stereocenters. The number of halogens is 1. The second kappa shape index (κ2) is 4.01. The van der Waals surface area contributed by atoms with Crippen LogP contribution < -0.4 is 0 Å². The number of aliphatic carboxylic acids is 1. The fourth-order valence-corrected chi connectivity index (χ4v) is 1.72. The first-order chi connectivity index (χ1) is 6.91. The van der Waals surface area contributed by atoms with Gasteiger partial charge in [0, 0.05) is 5.56 Å². The Labute approximate surface area is 88.7 Å². The first-order valence-electron chi connectivity index (χ1n) is 4.92. The molecule has 15 heavy (non-hydrogen) atoms. The molecule has 0 fully saturated rings. The molecule has 0 aliphatic carbocycles. The smallest absolute Gasteiger partial charge is 0.346 e. The van der Waals surface area contributed by atoms with Crippen LogP contribution in [0.4, 0.5) is 4.39 Å². The van der Waals surface area contributed by atoms with Crippen molar-refractivity contribution in [2.24, 2.45) is 0 Å². The third kappa shape index (κ3) is 2.01. The summed E-state index contributed by atoms with van der Waals surface area (Å²) in [5, 5.41) is 8.90. The lowest BCUT2D eigenvalue weighted by Crippen LogP contribution is -2.30. The standard InChI is InChI=1S/C12H15FO2/c1-4-12(13,11(14)15)10-6-5-8(2)7-9(10)3/h5-7H,4H2,1-3H3,(H,14,15). The highest BCUT2D eigenvalue weighted by Gasteiger charge is 2.39. The Hall–Kier alpha value is -1.38. The Bertz CT molecular complexity index is 387. The number of carbonyl (C=O) groups is 1. The van der Waals surface area contributed by atoms with Crippen molar-refractivity contribution in [3.8, 4) is 0 Å². The topological polar surface area (TPSA) is 37.3 Å². The van der Waals surface area contributed by atoms with Crippen molar-refractivity contribution < 1.29 is 14.3 Å². The molecule has 0 bridgehead atoms. The lowest BCUT2D eigenvalue weighted by atomic mass is 9.89. The quantitative estimate of drug-likeness (QED) is 0.832. The zero-order chi connectivity index (χ0) is 11.6. The summed E-state index contributed by atoms with van der Waals surface area (Å²) in [5.41, 5.74) is -0.331. The molecule has 0 saturated carbocycles. The van der Waals surface area contributed by atoms with Crippen LogP contribution in [-0.2, 0) is 10.5 Å². The fourth-order valence-electron chi connectivity index (χ4n) is 1.72. The van der Waals surface area contributed by atoms with Gasteiger partial charge in [-0.3, -0.25) is 0 Å². The predicted octanol–water partition coefficient (Wildman–Crippen LogP) is 2.96. The third-order valence-corrected chi connectivity index (χ3v) is 2.64. The Morgan fingerprint density at radius 3 is 2.47 bits per heavy atom. The van der Waals surface area contributed by atoms with Crippen LogP contribution in [0.3, 0.4) is 0 Å². The molecule has 0 amide bonds. The minimum Gasteiger partial charge on any atom is -0.479 e. The Morgan fingerprint density at radius 1 is 1.47 bits per heavy atom. The molecular weight excluding hydrogens is 195 g/mol. The summed E-state index contributed by atoms with van der Waals surface area (Å²) in [4.78, 5) is 10.9. The van der Waals surface area contributed by atoms with E-state index in [9.17, 15) is 9.18 Å².